The molecule has 2 aromatic rings. The maximum atomic E-state index is 12.0. The Balaban J connectivity index is 1.62. The van der Waals surface area contributed by atoms with E-state index in [0.717, 1.165) is 11.3 Å². The van der Waals surface area contributed by atoms with Gasteiger partial charge in [0.2, 0.25) is 6.79 Å². The van der Waals surface area contributed by atoms with Crippen LogP contribution < -0.4 is 19.8 Å². The first-order chi connectivity index (χ1) is 11.1. The number of carbonyl (C=O) groups is 1. The molecule has 6 nitrogen and oxygen atoms in total. The number of ether oxygens (including phenoxy) is 2. The second kappa shape index (κ2) is 6.39. The van der Waals surface area contributed by atoms with Crippen molar-refractivity contribution in [3.63, 3.8) is 0 Å². The summed E-state index contributed by atoms with van der Waals surface area (Å²) >= 11 is 0. The largest absolute Gasteiger partial charge is 0.454 e. The van der Waals surface area contributed by atoms with Gasteiger partial charge in [0.15, 0.2) is 11.5 Å². The van der Waals surface area contributed by atoms with Crippen LogP contribution >= 0.6 is 0 Å². The Bertz CT molecular complexity index is 739. The van der Waals surface area contributed by atoms with Gasteiger partial charge < -0.3 is 14.4 Å². The van der Waals surface area contributed by atoms with Crippen LogP contribution in [0.5, 0.6) is 11.5 Å². The summed E-state index contributed by atoms with van der Waals surface area (Å²) < 4.78 is 10.5. The summed E-state index contributed by atoms with van der Waals surface area (Å²) in [5.74, 6) is 1.14. The van der Waals surface area contributed by atoms with Crippen LogP contribution in [-0.4, -0.2) is 33.0 Å². The maximum absolute atomic E-state index is 12.0. The van der Waals surface area contributed by atoms with Crippen molar-refractivity contribution in [1.29, 1.82) is 0 Å². The Morgan fingerprint density at radius 2 is 1.87 bits per heavy atom. The molecule has 1 N–H and O–H groups in total. The molecule has 0 atom stereocenters. The first-order valence-electron chi connectivity index (χ1n) is 7.14. The number of rotatable bonds is 4. The molecule has 0 bridgehead atoms. The van der Waals surface area contributed by atoms with E-state index in [-0.39, 0.29) is 12.7 Å². The quantitative estimate of drug-likeness (QED) is 0.695. The molecule has 0 spiro atoms. The van der Waals surface area contributed by atoms with Crippen LogP contribution in [-0.2, 0) is 0 Å². The highest BCUT2D eigenvalue weighted by atomic mass is 16.7. The number of fused-ring (bicyclic) bond motifs is 1. The highest BCUT2D eigenvalue weighted by Crippen LogP contribution is 2.31. The smallest absolute Gasteiger partial charge is 0.271 e. The minimum absolute atomic E-state index is 0.232. The first-order valence-corrected chi connectivity index (χ1v) is 7.14. The maximum Gasteiger partial charge on any atom is 0.271 e. The van der Waals surface area contributed by atoms with E-state index in [1.165, 1.54) is 0 Å². The van der Waals surface area contributed by atoms with Gasteiger partial charge in [0, 0.05) is 25.3 Å². The van der Waals surface area contributed by atoms with E-state index in [1.54, 1.807) is 18.3 Å². The molecule has 3 rings (SSSR count). The average Bonchev–Trinajstić information content (AvgIpc) is 3.02. The number of hydrazone groups is 1. The van der Waals surface area contributed by atoms with Crippen molar-refractivity contribution in [3.8, 4) is 11.5 Å². The van der Waals surface area contributed by atoms with Gasteiger partial charge in [-0.25, -0.2) is 5.43 Å². The van der Waals surface area contributed by atoms with Crippen LogP contribution in [0.25, 0.3) is 0 Å². The summed E-state index contributed by atoms with van der Waals surface area (Å²) in [6, 6.07) is 12.8. The molecule has 0 unspecified atom stereocenters. The third-order valence-electron chi connectivity index (χ3n) is 3.42. The third-order valence-corrected chi connectivity index (χ3v) is 3.42. The van der Waals surface area contributed by atoms with Gasteiger partial charge >= 0.3 is 0 Å². The van der Waals surface area contributed by atoms with E-state index in [1.807, 2.05) is 49.3 Å². The molecular weight excluding hydrogens is 294 g/mol. The van der Waals surface area contributed by atoms with Crippen molar-refractivity contribution in [1.82, 2.24) is 5.43 Å². The molecule has 0 aliphatic carbocycles. The molecule has 0 saturated carbocycles. The van der Waals surface area contributed by atoms with E-state index in [9.17, 15) is 4.79 Å². The highest BCUT2D eigenvalue weighted by Gasteiger charge is 2.12. The van der Waals surface area contributed by atoms with Crippen molar-refractivity contribution < 1.29 is 14.3 Å². The second-order valence-corrected chi connectivity index (χ2v) is 5.25. The minimum Gasteiger partial charge on any atom is -0.454 e. The summed E-state index contributed by atoms with van der Waals surface area (Å²) in [6.07, 6.45) is 1.56. The Labute approximate surface area is 134 Å². The standard InChI is InChI=1S/C17H17N3O3/c1-20(2)14-6-4-13(5-7-14)17(21)19-18-10-12-3-8-15-16(9-12)23-11-22-15/h3-10H,11H2,1-2H3,(H,19,21)/b18-10-. The number of benzene rings is 2. The lowest BCUT2D eigenvalue weighted by atomic mass is 10.2. The number of nitrogens with one attached hydrogen (secondary N) is 1. The summed E-state index contributed by atoms with van der Waals surface area (Å²) in [4.78, 5) is 14.0. The predicted octanol–water partition coefficient (Wildman–Crippen LogP) is 2.25. The van der Waals surface area contributed by atoms with Crippen LogP contribution in [0.4, 0.5) is 5.69 Å². The number of anilines is 1. The molecule has 23 heavy (non-hydrogen) atoms. The van der Waals surface area contributed by atoms with Gasteiger partial charge in [0.25, 0.3) is 5.91 Å². The summed E-state index contributed by atoms with van der Waals surface area (Å²) in [5.41, 5.74) is 4.91. The van der Waals surface area contributed by atoms with Gasteiger partial charge in [0.1, 0.15) is 0 Å². The Morgan fingerprint density at radius 1 is 1.13 bits per heavy atom. The molecule has 0 radical (unpaired) electrons. The first kappa shape index (κ1) is 14.9. The fraction of sp³-hybridized carbons (Fsp3) is 0.176. The molecular formula is C17H17N3O3. The van der Waals surface area contributed by atoms with Crippen molar-refractivity contribution in [2.45, 2.75) is 0 Å². The average molecular weight is 311 g/mol. The van der Waals surface area contributed by atoms with Crippen molar-refractivity contribution in [2.24, 2.45) is 5.10 Å². The number of carbonyl (C=O) groups excluding carboxylic acids is 1. The molecule has 1 amide bonds. The Morgan fingerprint density at radius 3 is 2.61 bits per heavy atom. The summed E-state index contributed by atoms with van der Waals surface area (Å²) in [7, 11) is 3.90. The van der Waals surface area contributed by atoms with Crippen LogP contribution in [0.3, 0.4) is 0 Å². The van der Waals surface area contributed by atoms with E-state index in [0.29, 0.717) is 17.1 Å². The van der Waals surface area contributed by atoms with Crippen molar-refractivity contribution in [2.75, 3.05) is 25.8 Å². The number of nitrogens with zero attached hydrogens (tertiary/aromatic N) is 2. The lowest BCUT2D eigenvalue weighted by molar-refractivity contribution is 0.0955. The van der Waals surface area contributed by atoms with Crippen LogP contribution in [0.2, 0.25) is 0 Å². The zero-order valence-corrected chi connectivity index (χ0v) is 12.9. The van der Waals surface area contributed by atoms with Gasteiger partial charge in [-0.3, -0.25) is 4.79 Å². The molecule has 0 saturated heterocycles. The SMILES string of the molecule is CN(C)c1ccc(C(=O)N/N=C\c2ccc3c(c2)OCO3)cc1. The number of amides is 1. The van der Waals surface area contributed by atoms with Crippen molar-refractivity contribution >= 4 is 17.8 Å². The Hall–Kier alpha value is -3.02. The van der Waals surface area contributed by atoms with Gasteiger partial charge in [-0.2, -0.15) is 5.10 Å². The molecule has 1 aliphatic heterocycles. The third kappa shape index (κ3) is 3.42. The monoisotopic (exact) mass is 311 g/mol. The van der Waals surface area contributed by atoms with Crippen molar-refractivity contribution in [3.05, 3.63) is 53.6 Å². The molecule has 6 heteroatoms. The lowest BCUT2D eigenvalue weighted by Gasteiger charge is -2.12. The zero-order chi connectivity index (χ0) is 16.2. The van der Waals surface area contributed by atoms with E-state index < -0.39 is 0 Å². The van der Waals surface area contributed by atoms with Gasteiger partial charge in [-0.15, -0.1) is 0 Å². The molecule has 0 aromatic heterocycles. The van der Waals surface area contributed by atoms with Crippen LogP contribution in [0, 0.1) is 0 Å². The van der Waals surface area contributed by atoms with Crippen LogP contribution in [0.1, 0.15) is 15.9 Å². The van der Waals surface area contributed by atoms with E-state index in [2.05, 4.69) is 10.5 Å². The van der Waals surface area contributed by atoms with Crippen LogP contribution in [0.15, 0.2) is 47.6 Å². The van der Waals surface area contributed by atoms with E-state index >= 15 is 0 Å². The highest BCUT2D eigenvalue weighted by molar-refractivity contribution is 5.95. The molecule has 1 aliphatic rings. The summed E-state index contributed by atoms with van der Waals surface area (Å²) in [6.45, 7) is 0.232. The lowest BCUT2D eigenvalue weighted by Crippen LogP contribution is -2.17. The molecule has 0 fully saturated rings. The minimum atomic E-state index is -0.257. The molecule has 1 heterocycles. The number of hydrogen-bond donors (Lipinski definition) is 1. The molecule has 2 aromatic carbocycles. The second-order valence-electron chi connectivity index (χ2n) is 5.25. The summed E-state index contributed by atoms with van der Waals surface area (Å²) in [5, 5.41) is 3.97. The topological polar surface area (TPSA) is 63.2 Å². The normalized spacial score (nSPS) is 12.4. The predicted molar refractivity (Wildman–Crippen MR) is 88.4 cm³/mol. The zero-order valence-electron chi connectivity index (χ0n) is 12.9. The van der Waals surface area contributed by atoms with Gasteiger partial charge in [0.05, 0.1) is 6.21 Å². The number of hydrogen-bond acceptors (Lipinski definition) is 5. The molecule has 118 valence electrons. The Kier molecular flexibility index (Phi) is 4.14. The fourth-order valence-electron chi connectivity index (χ4n) is 2.13. The fourth-order valence-corrected chi connectivity index (χ4v) is 2.13. The van der Waals surface area contributed by atoms with Gasteiger partial charge in [-0.1, -0.05) is 0 Å². The van der Waals surface area contributed by atoms with E-state index in [4.69, 9.17) is 9.47 Å². The van der Waals surface area contributed by atoms with Gasteiger partial charge in [-0.05, 0) is 48.0 Å².